The Kier molecular flexibility index (Phi) is 6.05. The fourth-order valence-electron chi connectivity index (χ4n) is 1.90. The van der Waals surface area contributed by atoms with Crippen LogP contribution in [-0.2, 0) is 11.2 Å². The molecule has 3 nitrogen and oxygen atoms in total. The third-order valence-corrected chi connectivity index (χ3v) is 3.61. The molecule has 0 radical (unpaired) electrons. The molecule has 0 aliphatic carbocycles. The fraction of sp³-hybridized carbons (Fsp3) is 0.588. The highest BCUT2D eigenvalue weighted by molar-refractivity contribution is 5.84. The number of benzene rings is 1. The maximum absolute atomic E-state index is 12.1. The van der Waals surface area contributed by atoms with Crippen molar-refractivity contribution in [1.82, 2.24) is 5.32 Å². The second kappa shape index (κ2) is 7.32. The van der Waals surface area contributed by atoms with Crippen molar-refractivity contribution in [3.05, 3.63) is 29.8 Å². The molecule has 112 valence electrons. The average Bonchev–Trinajstić information content (AvgIpc) is 2.41. The molecule has 1 unspecified atom stereocenters. The van der Waals surface area contributed by atoms with Gasteiger partial charge in [0.1, 0.15) is 6.04 Å². The lowest BCUT2D eigenvalue weighted by Gasteiger charge is -2.27. The first-order chi connectivity index (χ1) is 9.38. The standard InChI is InChI=1S/C17H28N2O/c1-6-8-14-9-11-15(12-10-14)18-13(3)16(20)19-17(4,5)7-2/h9-13,18H,6-8H2,1-5H3,(H,19,20). The number of amides is 1. The van der Waals surface area contributed by atoms with Gasteiger partial charge in [0, 0.05) is 11.2 Å². The van der Waals surface area contributed by atoms with Gasteiger partial charge in [0.15, 0.2) is 0 Å². The molecule has 1 aromatic rings. The third kappa shape index (κ3) is 5.24. The van der Waals surface area contributed by atoms with Crippen molar-refractivity contribution in [2.45, 2.75) is 65.5 Å². The van der Waals surface area contributed by atoms with Gasteiger partial charge >= 0.3 is 0 Å². The number of aryl methyl sites for hydroxylation is 1. The maximum Gasteiger partial charge on any atom is 0.242 e. The molecule has 2 N–H and O–H groups in total. The Bertz CT molecular complexity index is 423. The number of anilines is 1. The second-order valence-corrected chi connectivity index (χ2v) is 6.04. The molecule has 1 amide bonds. The van der Waals surface area contributed by atoms with E-state index in [4.69, 9.17) is 0 Å². The summed E-state index contributed by atoms with van der Waals surface area (Å²) in [6.45, 7) is 10.2. The molecule has 1 rings (SSSR count). The van der Waals surface area contributed by atoms with Crippen LogP contribution in [0.15, 0.2) is 24.3 Å². The third-order valence-electron chi connectivity index (χ3n) is 3.61. The molecule has 0 saturated carbocycles. The molecule has 0 saturated heterocycles. The Morgan fingerprint density at radius 3 is 2.30 bits per heavy atom. The first kappa shape index (κ1) is 16.5. The maximum atomic E-state index is 12.1. The molecule has 1 atom stereocenters. The van der Waals surface area contributed by atoms with E-state index < -0.39 is 0 Å². The van der Waals surface area contributed by atoms with Crippen molar-refractivity contribution in [1.29, 1.82) is 0 Å². The largest absolute Gasteiger partial charge is 0.374 e. The highest BCUT2D eigenvalue weighted by Gasteiger charge is 2.21. The summed E-state index contributed by atoms with van der Waals surface area (Å²) in [6.07, 6.45) is 3.16. The van der Waals surface area contributed by atoms with Crippen LogP contribution in [-0.4, -0.2) is 17.5 Å². The van der Waals surface area contributed by atoms with Crippen LogP contribution in [0.1, 0.15) is 53.0 Å². The lowest BCUT2D eigenvalue weighted by Crippen LogP contribution is -2.48. The molecule has 0 bridgehead atoms. The Hall–Kier alpha value is -1.51. The summed E-state index contributed by atoms with van der Waals surface area (Å²) in [5.74, 6) is 0.0366. The molecule has 1 aromatic carbocycles. The Balaban J connectivity index is 2.57. The fourth-order valence-corrected chi connectivity index (χ4v) is 1.90. The van der Waals surface area contributed by atoms with Gasteiger partial charge in [-0.1, -0.05) is 32.4 Å². The SMILES string of the molecule is CCCc1ccc(NC(C)C(=O)NC(C)(C)CC)cc1. The molecule has 0 aromatic heterocycles. The highest BCUT2D eigenvalue weighted by Crippen LogP contribution is 2.13. The monoisotopic (exact) mass is 276 g/mol. The average molecular weight is 276 g/mol. The number of hydrogen-bond donors (Lipinski definition) is 2. The minimum absolute atomic E-state index is 0.0366. The quantitative estimate of drug-likeness (QED) is 0.796. The summed E-state index contributed by atoms with van der Waals surface area (Å²) in [5, 5.41) is 6.30. The van der Waals surface area contributed by atoms with Crippen molar-refractivity contribution >= 4 is 11.6 Å². The highest BCUT2D eigenvalue weighted by atomic mass is 16.2. The van der Waals surface area contributed by atoms with Crippen LogP contribution in [0.3, 0.4) is 0 Å². The van der Waals surface area contributed by atoms with Gasteiger partial charge < -0.3 is 10.6 Å². The number of carbonyl (C=O) groups is 1. The Morgan fingerprint density at radius 1 is 1.20 bits per heavy atom. The molecule has 3 heteroatoms. The van der Waals surface area contributed by atoms with Crippen LogP contribution in [0, 0.1) is 0 Å². The lowest BCUT2D eigenvalue weighted by molar-refractivity contribution is -0.123. The van der Waals surface area contributed by atoms with E-state index in [0.717, 1.165) is 24.9 Å². The van der Waals surface area contributed by atoms with E-state index in [-0.39, 0.29) is 17.5 Å². The van der Waals surface area contributed by atoms with Gasteiger partial charge in [0.05, 0.1) is 0 Å². The van der Waals surface area contributed by atoms with E-state index >= 15 is 0 Å². The van der Waals surface area contributed by atoms with E-state index in [2.05, 4.69) is 36.6 Å². The van der Waals surface area contributed by atoms with Crippen LogP contribution in [0.2, 0.25) is 0 Å². The molecule has 0 aliphatic heterocycles. The number of nitrogens with one attached hydrogen (secondary N) is 2. The van der Waals surface area contributed by atoms with E-state index in [1.165, 1.54) is 5.56 Å². The van der Waals surface area contributed by atoms with Crippen LogP contribution in [0.5, 0.6) is 0 Å². The van der Waals surface area contributed by atoms with Crippen LogP contribution in [0.4, 0.5) is 5.69 Å². The summed E-state index contributed by atoms with van der Waals surface area (Å²) in [7, 11) is 0. The molecule has 0 fully saturated rings. The van der Waals surface area contributed by atoms with E-state index in [9.17, 15) is 4.79 Å². The van der Waals surface area contributed by atoms with Gasteiger partial charge in [-0.05, 0) is 51.3 Å². The molecule has 20 heavy (non-hydrogen) atoms. The summed E-state index contributed by atoms with van der Waals surface area (Å²) in [5.41, 5.74) is 2.17. The number of hydrogen-bond acceptors (Lipinski definition) is 2. The first-order valence-corrected chi connectivity index (χ1v) is 7.55. The van der Waals surface area contributed by atoms with Crippen LogP contribution >= 0.6 is 0 Å². The predicted octanol–water partition coefficient (Wildman–Crippen LogP) is 3.74. The van der Waals surface area contributed by atoms with Crippen LogP contribution < -0.4 is 10.6 Å². The smallest absolute Gasteiger partial charge is 0.242 e. The van der Waals surface area contributed by atoms with Gasteiger partial charge in [0.2, 0.25) is 5.91 Å². The molecule has 0 aliphatic rings. The minimum Gasteiger partial charge on any atom is -0.374 e. The zero-order chi connectivity index (χ0) is 15.2. The normalized spacial score (nSPS) is 12.8. The molecular weight excluding hydrogens is 248 g/mol. The summed E-state index contributed by atoms with van der Waals surface area (Å²) < 4.78 is 0. The molecule has 0 spiro atoms. The Morgan fingerprint density at radius 2 is 1.80 bits per heavy atom. The van der Waals surface area contributed by atoms with Gasteiger partial charge in [-0.15, -0.1) is 0 Å². The zero-order valence-electron chi connectivity index (χ0n) is 13.4. The van der Waals surface area contributed by atoms with Gasteiger partial charge in [-0.3, -0.25) is 4.79 Å². The van der Waals surface area contributed by atoms with Crippen molar-refractivity contribution in [3.8, 4) is 0 Å². The zero-order valence-corrected chi connectivity index (χ0v) is 13.4. The summed E-state index contributed by atoms with van der Waals surface area (Å²) in [6, 6.07) is 8.08. The predicted molar refractivity (Wildman–Crippen MR) is 86.0 cm³/mol. The van der Waals surface area contributed by atoms with Gasteiger partial charge in [-0.2, -0.15) is 0 Å². The van der Waals surface area contributed by atoms with Crippen molar-refractivity contribution in [3.63, 3.8) is 0 Å². The summed E-state index contributed by atoms with van der Waals surface area (Å²) >= 11 is 0. The van der Waals surface area contributed by atoms with Crippen molar-refractivity contribution < 1.29 is 4.79 Å². The lowest BCUT2D eigenvalue weighted by atomic mass is 10.0. The Labute approximate surface area is 123 Å². The second-order valence-electron chi connectivity index (χ2n) is 6.04. The van der Waals surface area contributed by atoms with Gasteiger partial charge in [-0.25, -0.2) is 0 Å². The topological polar surface area (TPSA) is 41.1 Å². The molecule has 0 heterocycles. The van der Waals surface area contributed by atoms with E-state index in [0.29, 0.717) is 0 Å². The number of rotatable bonds is 7. The minimum atomic E-state index is -0.238. The van der Waals surface area contributed by atoms with E-state index in [1.807, 2.05) is 32.9 Å². The van der Waals surface area contributed by atoms with Crippen molar-refractivity contribution in [2.75, 3.05) is 5.32 Å². The van der Waals surface area contributed by atoms with Gasteiger partial charge in [0.25, 0.3) is 0 Å². The van der Waals surface area contributed by atoms with Crippen molar-refractivity contribution in [2.24, 2.45) is 0 Å². The molecular formula is C17H28N2O. The summed E-state index contributed by atoms with van der Waals surface area (Å²) in [4.78, 5) is 12.1. The van der Waals surface area contributed by atoms with E-state index in [1.54, 1.807) is 0 Å². The van der Waals surface area contributed by atoms with Crippen LogP contribution in [0.25, 0.3) is 0 Å². The number of carbonyl (C=O) groups excluding carboxylic acids is 1. The first-order valence-electron chi connectivity index (χ1n) is 7.55.